The largest absolute Gasteiger partial charge is 0.508 e. The molecule has 0 aliphatic rings. The molecular weight excluding hydrogens is 463 g/mol. The monoisotopic (exact) mass is 482 g/mol. The average molecular weight is 482 g/mol. The van der Waals surface area contributed by atoms with Crippen LogP contribution in [0.1, 0.15) is 12.5 Å². The van der Waals surface area contributed by atoms with Crippen LogP contribution in [0.3, 0.4) is 0 Å². The quantitative estimate of drug-likeness (QED) is 0.363. The number of halogens is 1. The molecule has 0 saturated carbocycles. The van der Waals surface area contributed by atoms with Gasteiger partial charge >= 0.3 is 0 Å². The molecule has 0 unspecified atom stereocenters. The maximum atomic E-state index is 9.71. The van der Waals surface area contributed by atoms with Crippen LogP contribution in [0, 0.1) is 3.57 Å². The molecule has 0 amide bonds. The highest BCUT2D eigenvalue weighted by Gasteiger charge is 2.20. The second kappa shape index (κ2) is 7.67. The van der Waals surface area contributed by atoms with Crippen molar-refractivity contribution in [3.63, 3.8) is 0 Å². The lowest BCUT2D eigenvalue weighted by molar-refractivity contribution is 0.475. The van der Waals surface area contributed by atoms with Crippen LogP contribution in [0.4, 0.5) is 0 Å². The molecule has 0 saturated heterocycles. The first-order valence-corrected chi connectivity index (χ1v) is 10.1. The van der Waals surface area contributed by atoms with E-state index in [-0.39, 0.29) is 11.5 Å². The van der Waals surface area contributed by atoms with E-state index in [1.165, 1.54) is 0 Å². The zero-order valence-corrected chi connectivity index (χ0v) is 17.5. The fraction of sp³-hybridized carbons (Fsp3) is 0.0870. The Labute approximate surface area is 177 Å². The standard InChI is InChI=1S/C23H19IN2O2/c1-2-21-22(15-3-11-19(27)12-4-15)25-26(18-9-7-17(24)8-10-18)23(21)16-5-13-20(28)14-6-16/h3-14,27-28H,2H2,1H3. The van der Waals surface area contributed by atoms with Gasteiger partial charge in [-0.2, -0.15) is 5.10 Å². The molecule has 0 aliphatic carbocycles. The summed E-state index contributed by atoms with van der Waals surface area (Å²) in [7, 11) is 0. The minimum Gasteiger partial charge on any atom is -0.508 e. The van der Waals surface area contributed by atoms with Crippen LogP contribution in [-0.2, 0) is 6.42 Å². The summed E-state index contributed by atoms with van der Waals surface area (Å²) in [5, 5.41) is 24.3. The molecule has 28 heavy (non-hydrogen) atoms. The number of phenols is 2. The Morgan fingerprint density at radius 3 is 1.86 bits per heavy atom. The van der Waals surface area contributed by atoms with Crippen molar-refractivity contribution in [2.45, 2.75) is 13.3 Å². The number of aromatic hydroxyl groups is 2. The zero-order valence-electron chi connectivity index (χ0n) is 15.3. The summed E-state index contributed by atoms with van der Waals surface area (Å²) in [6.07, 6.45) is 0.802. The summed E-state index contributed by atoms with van der Waals surface area (Å²) in [6.45, 7) is 2.11. The molecule has 4 aromatic rings. The second-order valence-electron chi connectivity index (χ2n) is 6.51. The fourth-order valence-corrected chi connectivity index (χ4v) is 3.68. The maximum Gasteiger partial charge on any atom is 0.115 e. The van der Waals surface area contributed by atoms with Crippen molar-refractivity contribution in [2.24, 2.45) is 0 Å². The van der Waals surface area contributed by atoms with Crippen LogP contribution < -0.4 is 0 Å². The normalized spacial score (nSPS) is 10.9. The van der Waals surface area contributed by atoms with Gasteiger partial charge in [-0.15, -0.1) is 0 Å². The number of hydrogen-bond acceptors (Lipinski definition) is 3. The third-order valence-electron chi connectivity index (χ3n) is 4.69. The van der Waals surface area contributed by atoms with Gasteiger partial charge in [-0.1, -0.05) is 6.92 Å². The van der Waals surface area contributed by atoms with Gasteiger partial charge in [0.25, 0.3) is 0 Å². The van der Waals surface area contributed by atoms with Crippen LogP contribution in [-0.4, -0.2) is 20.0 Å². The molecule has 2 N–H and O–H groups in total. The molecule has 0 fully saturated rings. The van der Waals surface area contributed by atoms with Crippen molar-refractivity contribution in [3.05, 3.63) is 81.9 Å². The summed E-state index contributed by atoms with van der Waals surface area (Å²) >= 11 is 2.29. The second-order valence-corrected chi connectivity index (χ2v) is 7.76. The van der Waals surface area contributed by atoms with Crippen molar-refractivity contribution in [1.29, 1.82) is 0 Å². The van der Waals surface area contributed by atoms with Crippen LogP contribution in [0.25, 0.3) is 28.2 Å². The molecule has 5 heteroatoms. The van der Waals surface area contributed by atoms with Crippen LogP contribution in [0.15, 0.2) is 72.8 Å². The van der Waals surface area contributed by atoms with Crippen LogP contribution in [0.2, 0.25) is 0 Å². The highest BCUT2D eigenvalue weighted by atomic mass is 127. The molecule has 0 bridgehead atoms. The molecule has 4 rings (SSSR count). The molecule has 4 nitrogen and oxygen atoms in total. The van der Waals surface area contributed by atoms with Crippen molar-refractivity contribution < 1.29 is 10.2 Å². The van der Waals surface area contributed by atoms with Gasteiger partial charge in [0.1, 0.15) is 11.5 Å². The Bertz CT molecular complexity index is 1100. The first-order chi connectivity index (χ1) is 13.6. The third kappa shape index (κ3) is 3.49. The number of hydrogen-bond donors (Lipinski definition) is 2. The minimum absolute atomic E-state index is 0.234. The number of aromatic nitrogens is 2. The summed E-state index contributed by atoms with van der Waals surface area (Å²) in [5.74, 6) is 0.471. The zero-order chi connectivity index (χ0) is 19.7. The third-order valence-corrected chi connectivity index (χ3v) is 5.41. The molecule has 0 spiro atoms. The predicted octanol–water partition coefficient (Wildman–Crippen LogP) is 5.78. The number of phenolic OH excluding ortho intramolecular Hbond substituents is 2. The molecule has 1 heterocycles. The van der Waals surface area contributed by atoms with Crippen molar-refractivity contribution >= 4 is 22.6 Å². The Hall–Kier alpha value is -2.80. The van der Waals surface area contributed by atoms with Gasteiger partial charge < -0.3 is 10.2 Å². The van der Waals surface area contributed by atoms with E-state index in [2.05, 4.69) is 53.8 Å². The first kappa shape index (κ1) is 18.6. The Balaban J connectivity index is 1.99. The minimum atomic E-state index is 0.234. The van der Waals surface area contributed by atoms with Crippen molar-refractivity contribution in [3.8, 4) is 39.7 Å². The van der Waals surface area contributed by atoms with Crippen LogP contribution >= 0.6 is 22.6 Å². The van der Waals surface area contributed by atoms with Gasteiger partial charge in [0.2, 0.25) is 0 Å². The van der Waals surface area contributed by atoms with E-state index in [4.69, 9.17) is 5.10 Å². The molecule has 0 aliphatic heterocycles. The van der Waals surface area contributed by atoms with Gasteiger partial charge in [0, 0.05) is 20.3 Å². The number of nitrogens with zero attached hydrogens (tertiary/aromatic N) is 2. The lowest BCUT2D eigenvalue weighted by Gasteiger charge is -2.10. The Morgan fingerprint density at radius 1 is 0.786 bits per heavy atom. The van der Waals surface area contributed by atoms with Crippen molar-refractivity contribution in [1.82, 2.24) is 9.78 Å². The van der Waals surface area contributed by atoms with Crippen LogP contribution in [0.5, 0.6) is 11.5 Å². The smallest absolute Gasteiger partial charge is 0.115 e. The Kier molecular flexibility index (Phi) is 5.09. The van der Waals surface area contributed by atoms with E-state index in [1.54, 1.807) is 24.3 Å². The van der Waals surface area contributed by atoms with E-state index in [9.17, 15) is 10.2 Å². The summed E-state index contributed by atoms with van der Waals surface area (Å²) in [5.41, 5.74) is 5.94. The fourth-order valence-electron chi connectivity index (χ4n) is 3.32. The van der Waals surface area contributed by atoms with E-state index >= 15 is 0 Å². The van der Waals surface area contributed by atoms with E-state index < -0.39 is 0 Å². The van der Waals surface area contributed by atoms with Crippen molar-refractivity contribution in [2.75, 3.05) is 0 Å². The molecule has 0 radical (unpaired) electrons. The molecule has 140 valence electrons. The molecule has 1 aromatic heterocycles. The summed E-state index contributed by atoms with van der Waals surface area (Å²) < 4.78 is 3.12. The van der Waals surface area contributed by atoms with Gasteiger partial charge in [0.15, 0.2) is 0 Å². The lowest BCUT2D eigenvalue weighted by Crippen LogP contribution is -2.00. The molecule has 0 atom stereocenters. The van der Waals surface area contributed by atoms with Gasteiger partial charge in [0.05, 0.1) is 17.1 Å². The molecule has 3 aromatic carbocycles. The summed E-state index contributed by atoms with van der Waals surface area (Å²) in [4.78, 5) is 0. The lowest BCUT2D eigenvalue weighted by atomic mass is 9.99. The maximum absolute atomic E-state index is 9.71. The van der Waals surface area contributed by atoms with E-state index in [1.807, 2.05) is 28.9 Å². The molecular formula is C23H19IN2O2. The van der Waals surface area contributed by atoms with Gasteiger partial charge in [-0.3, -0.25) is 0 Å². The number of rotatable bonds is 4. The topological polar surface area (TPSA) is 58.3 Å². The Morgan fingerprint density at radius 2 is 1.32 bits per heavy atom. The first-order valence-electron chi connectivity index (χ1n) is 9.03. The average Bonchev–Trinajstić information content (AvgIpc) is 3.09. The number of benzene rings is 3. The SMILES string of the molecule is CCc1c(-c2ccc(O)cc2)nn(-c2ccc(I)cc2)c1-c1ccc(O)cc1. The van der Waals surface area contributed by atoms with E-state index in [0.29, 0.717) is 0 Å². The highest BCUT2D eigenvalue weighted by molar-refractivity contribution is 14.1. The predicted molar refractivity (Wildman–Crippen MR) is 120 cm³/mol. The van der Waals surface area contributed by atoms with Gasteiger partial charge in [-0.05, 0) is 102 Å². The van der Waals surface area contributed by atoms with Gasteiger partial charge in [-0.25, -0.2) is 4.68 Å². The summed E-state index contributed by atoms with van der Waals surface area (Å²) in [6, 6.07) is 22.6. The van der Waals surface area contributed by atoms with E-state index in [0.717, 1.165) is 43.8 Å². The highest BCUT2D eigenvalue weighted by Crippen LogP contribution is 2.35.